The number of aryl methyl sites for hydroxylation is 1. The van der Waals surface area contributed by atoms with E-state index in [4.69, 9.17) is 0 Å². The van der Waals surface area contributed by atoms with Gasteiger partial charge in [-0.1, -0.05) is 24.6 Å². The summed E-state index contributed by atoms with van der Waals surface area (Å²) in [7, 11) is 0. The number of rotatable bonds is 2. The first-order valence-corrected chi connectivity index (χ1v) is 6.72. The normalized spacial score (nSPS) is 26.0. The van der Waals surface area contributed by atoms with Crippen LogP contribution in [-0.2, 0) is 6.42 Å². The topological polar surface area (TPSA) is 15.3 Å². The van der Waals surface area contributed by atoms with Gasteiger partial charge in [-0.3, -0.25) is 0 Å². The molecule has 0 spiro atoms. The summed E-state index contributed by atoms with van der Waals surface area (Å²) in [5, 5.41) is 3.49. The van der Waals surface area contributed by atoms with Gasteiger partial charge in [-0.25, -0.2) is 0 Å². The van der Waals surface area contributed by atoms with Gasteiger partial charge < -0.3 is 10.2 Å². The summed E-state index contributed by atoms with van der Waals surface area (Å²) < 4.78 is 0. The van der Waals surface area contributed by atoms with E-state index in [-0.39, 0.29) is 12.4 Å². The molecule has 3 rings (SSSR count). The van der Waals surface area contributed by atoms with Crippen molar-refractivity contribution in [1.82, 2.24) is 5.32 Å². The predicted molar refractivity (Wildman–Crippen MR) is 79.9 cm³/mol. The van der Waals surface area contributed by atoms with Crippen LogP contribution in [0.2, 0.25) is 0 Å². The van der Waals surface area contributed by atoms with E-state index in [1.54, 1.807) is 5.56 Å². The Kier molecular flexibility index (Phi) is 3.88. The third-order valence-electron chi connectivity index (χ3n) is 4.26. The number of benzene rings is 1. The molecule has 0 amide bonds. The van der Waals surface area contributed by atoms with Crippen LogP contribution in [0.5, 0.6) is 0 Å². The third-order valence-corrected chi connectivity index (χ3v) is 4.26. The van der Waals surface area contributed by atoms with Gasteiger partial charge in [0.25, 0.3) is 0 Å². The van der Waals surface area contributed by atoms with Crippen LogP contribution in [0.15, 0.2) is 18.2 Å². The fourth-order valence-corrected chi connectivity index (χ4v) is 3.23. The van der Waals surface area contributed by atoms with Gasteiger partial charge in [0.2, 0.25) is 0 Å². The average molecular weight is 267 g/mol. The van der Waals surface area contributed by atoms with Crippen LogP contribution in [-0.4, -0.2) is 26.2 Å². The van der Waals surface area contributed by atoms with Crippen LogP contribution in [0.25, 0.3) is 0 Å². The van der Waals surface area contributed by atoms with E-state index >= 15 is 0 Å². The lowest BCUT2D eigenvalue weighted by molar-refractivity contribution is 0.367. The van der Waals surface area contributed by atoms with Crippen molar-refractivity contribution < 1.29 is 0 Å². The molecule has 18 heavy (non-hydrogen) atoms. The van der Waals surface area contributed by atoms with Crippen molar-refractivity contribution in [2.45, 2.75) is 26.7 Å². The van der Waals surface area contributed by atoms with E-state index in [2.05, 4.69) is 42.3 Å². The number of hydrogen-bond donors (Lipinski definition) is 1. The molecule has 1 aromatic rings. The van der Waals surface area contributed by atoms with E-state index in [0.29, 0.717) is 5.41 Å². The largest absolute Gasteiger partial charge is 0.370 e. The highest BCUT2D eigenvalue weighted by molar-refractivity contribution is 5.85. The molecule has 1 aromatic carbocycles. The maximum absolute atomic E-state index is 3.49. The zero-order valence-electron chi connectivity index (χ0n) is 11.3. The van der Waals surface area contributed by atoms with Crippen LogP contribution in [0, 0.1) is 12.3 Å². The van der Waals surface area contributed by atoms with E-state index in [9.17, 15) is 0 Å². The summed E-state index contributed by atoms with van der Waals surface area (Å²) in [6, 6.07) is 6.90. The maximum atomic E-state index is 3.49. The number of nitrogens with zero attached hydrogens (tertiary/aromatic N) is 1. The minimum absolute atomic E-state index is 0. The highest BCUT2D eigenvalue weighted by Gasteiger charge is 2.32. The minimum atomic E-state index is 0. The van der Waals surface area contributed by atoms with Crippen molar-refractivity contribution in [2.75, 3.05) is 31.1 Å². The van der Waals surface area contributed by atoms with E-state index in [1.165, 1.54) is 50.3 Å². The molecule has 2 aliphatic rings. The fourth-order valence-electron chi connectivity index (χ4n) is 3.23. The van der Waals surface area contributed by atoms with Gasteiger partial charge in [-0.2, -0.15) is 0 Å². The molecular formula is C15H23ClN2. The average Bonchev–Trinajstić information content (AvgIpc) is 2.87. The summed E-state index contributed by atoms with van der Waals surface area (Å²) in [5.74, 6) is 0. The molecular weight excluding hydrogens is 244 g/mol. The summed E-state index contributed by atoms with van der Waals surface area (Å²) in [6.07, 6.45) is 2.53. The van der Waals surface area contributed by atoms with Crippen molar-refractivity contribution in [3.8, 4) is 0 Å². The molecule has 0 bridgehead atoms. The summed E-state index contributed by atoms with van der Waals surface area (Å²) in [6.45, 7) is 9.37. The summed E-state index contributed by atoms with van der Waals surface area (Å²) in [5.41, 5.74) is 4.87. The van der Waals surface area contributed by atoms with E-state index < -0.39 is 0 Å². The molecule has 100 valence electrons. The van der Waals surface area contributed by atoms with Gasteiger partial charge in [0.15, 0.2) is 0 Å². The Morgan fingerprint density at radius 2 is 2.22 bits per heavy atom. The number of anilines is 1. The maximum Gasteiger partial charge on any atom is 0.0399 e. The molecule has 1 atom stereocenters. The Labute approximate surface area is 116 Å². The lowest BCUT2D eigenvalue weighted by Crippen LogP contribution is -2.36. The van der Waals surface area contributed by atoms with Gasteiger partial charge in [0, 0.05) is 25.3 Å². The van der Waals surface area contributed by atoms with Gasteiger partial charge in [-0.05, 0) is 43.4 Å². The molecule has 2 aliphatic heterocycles. The molecule has 2 heterocycles. The predicted octanol–water partition coefficient (Wildman–Crippen LogP) is 2.78. The molecule has 0 saturated carbocycles. The molecule has 2 nitrogen and oxygen atoms in total. The van der Waals surface area contributed by atoms with Crippen molar-refractivity contribution in [2.24, 2.45) is 5.41 Å². The van der Waals surface area contributed by atoms with Crippen molar-refractivity contribution in [1.29, 1.82) is 0 Å². The minimum Gasteiger partial charge on any atom is -0.370 e. The van der Waals surface area contributed by atoms with Crippen molar-refractivity contribution in [3.63, 3.8) is 0 Å². The lowest BCUT2D eigenvalue weighted by atomic mass is 9.89. The molecule has 1 unspecified atom stereocenters. The Bertz CT molecular complexity index is 425. The first-order chi connectivity index (χ1) is 8.16. The Morgan fingerprint density at radius 3 is 2.94 bits per heavy atom. The number of nitrogens with one attached hydrogen (secondary N) is 1. The van der Waals surface area contributed by atoms with Crippen LogP contribution >= 0.6 is 12.4 Å². The first kappa shape index (κ1) is 13.7. The number of fused-ring (bicyclic) bond motifs is 1. The molecule has 1 saturated heterocycles. The standard InChI is InChI=1S/C15H22N2.ClH/c1-12-3-4-14-13(9-12)5-8-17(14)11-15(2)6-7-16-10-15;/h3-4,9,16H,5-8,10-11H2,1-2H3;1H. The monoisotopic (exact) mass is 266 g/mol. The first-order valence-electron chi connectivity index (χ1n) is 6.72. The van der Waals surface area contributed by atoms with Gasteiger partial charge in [0.05, 0.1) is 0 Å². The van der Waals surface area contributed by atoms with Crippen LogP contribution < -0.4 is 10.2 Å². The van der Waals surface area contributed by atoms with Crippen LogP contribution in [0.4, 0.5) is 5.69 Å². The van der Waals surface area contributed by atoms with E-state index in [0.717, 1.165) is 0 Å². The third kappa shape index (κ3) is 2.50. The highest BCUT2D eigenvalue weighted by atomic mass is 35.5. The van der Waals surface area contributed by atoms with Gasteiger partial charge in [0.1, 0.15) is 0 Å². The zero-order chi connectivity index (χ0) is 11.9. The van der Waals surface area contributed by atoms with E-state index in [1.807, 2.05) is 0 Å². The second-order valence-corrected chi connectivity index (χ2v) is 6.04. The quantitative estimate of drug-likeness (QED) is 0.886. The molecule has 0 radical (unpaired) electrons. The van der Waals surface area contributed by atoms with Crippen LogP contribution in [0.3, 0.4) is 0 Å². The van der Waals surface area contributed by atoms with Crippen molar-refractivity contribution >= 4 is 18.1 Å². The smallest absolute Gasteiger partial charge is 0.0399 e. The summed E-state index contributed by atoms with van der Waals surface area (Å²) >= 11 is 0. The number of halogens is 1. The Balaban J connectivity index is 0.00000120. The summed E-state index contributed by atoms with van der Waals surface area (Å²) in [4.78, 5) is 2.59. The Morgan fingerprint density at radius 1 is 1.39 bits per heavy atom. The molecule has 1 fully saturated rings. The SMILES string of the molecule is Cc1ccc2c(c1)CCN2CC1(C)CCNC1.Cl. The highest BCUT2D eigenvalue weighted by Crippen LogP contribution is 2.33. The van der Waals surface area contributed by atoms with Crippen LogP contribution in [0.1, 0.15) is 24.5 Å². The van der Waals surface area contributed by atoms with Crippen molar-refractivity contribution in [3.05, 3.63) is 29.3 Å². The lowest BCUT2D eigenvalue weighted by Gasteiger charge is -2.31. The molecule has 0 aliphatic carbocycles. The Hall–Kier alpha value is -0.730. The molecule has 1 N–H and O–H groups in total. The fraction of sp³-hybridized carbons (Fsp3) is 0.600. The number of hydrogen-bond acceptors (Lipinski definition) is 2. The van der Waals surface area contributed by atoms with Gasteiger partial charge >= 0.3 is 0 Å². The second kappa shape index (κ2) is 5.10. The molecule has 3 heteroatoms. The second-order valence-electron chi connectivity index (χ2n) is 6.04. The molecule has 0 aromatic heterocycles. The van der Waals surface area contributed by atoms with Gasteiger partial charge in [-0.15, -0.1) is 12.4 Å². The zero-order valence-corrected chi connectivity index (χ0v) is 12.1.